The molecule has 0 amide bonds. The number of nitrogen functional groups attached to an aromatic ring is 1. The normalized spacial score (nSPS) is 38.2. The summed E-state index contributed by atoms with van der Waals surface area (Å²) in [5, 5.41) is 20.4. The summed E-state index contributed by atoms with van der Waals surface area (Å²) in [5.74, 6) is 0.281. The summed E-state index contributed by atoms with van der Waals surface area (Å²) in [7, 11) is 0. The first kappa shape index (κ1) is 12.7. The van der Waals surface area contributed by atoms with E-state index in [1.165, 1.54) is 6.33 Å². The van der Waals surface area contributed by atoms with Crippen molar-refractivity contribution in [2.24, 2.45) is 0 Å². The van der Waals surface area contributed by atoms with Gasteiger partial charge in [0.25, 0.3) is 0 Å². The van der Waals surface area contributed by atoms with E-state index in [0.29, 0.717) is 11.2 Å². The molecule has 2 aliphatic heterocycles. The highest BCUT2D eigenvalue weighted by atomic mass is 16.7. The standard InChI is InChI=1S/C13H15N5O4/c14-9-6-10(16-4-15-9)18(5-17-6)11-7-8(20)13(3-19,22-11)12(21-7)1-2-12/h4-5,7-8,11,19-20H,1-3H2,(H2,14,15,16)/t7-,8?,11+,13+/m0/s1. The first-order valence-corrected chi connectivity index (χ1v) is 7.19. The fourth-order valence-corrected chi connectivity index (χ4v) is 3.83. The van der Waals surface area contributed by atoms with Crippen LogP contribution in [0.1, 0.15) is 19.1 Å². The van der Waals surface area contributed by atoms with Crippen LogP contribution < -0.4 is 5.73 Å². The molecule has 2 aromatic heterocycles. The summed E-state index contributed by atoms with van der Waals surface area (Å²) in [4.78, 5) is 12.3. The smallest absolute Gasteiger partial charge is 0.167 e. The zero-order chi connectivity index (χ0) is 15.1. The molecule has 1 spiro atoms. The molecule has 5 rings (SSSR count). The molecule has 3 fully saturated rings. The quantitative estimate of drug-likeness (QED) is 0.642. The number of hydrogen-bond acceptors (Lipinski definition) is 8. The highest BCUT2D eigenvalue weighted by Crippen LogP contribution is 2.64. The van der Waals surface area contributed by atoms with E-state index < -0.39 is 29.6 Å². The summed E-state index contributed by atoms with van der Waals surface area (Å²) < 4.78 is 13.8. The number of nitrogens with zero attached hydrogens (tertiary/aromatic N) is 4. The monoisotopic (exact) mass is 305 g/mol. The number of imidazole rings is 1. The largest absolute Gasteiger partial charge is 0.393 e. The second-order valence-electron chi connectivity index (χ2n) is 6.16. The molecule has 2 saturated heterocycles. The number of ether oxygens (including phenoxy) is 2. The van der Waals surface area contributed by atoms with E-state index >= 15 is 0 Å². The Labute approximate surface area is 124 Å². The van der Waals surface area contributed by atoms with E-state index in [1.54, 1.807) is 10.9 Å². The van der Waals surface area contributed by atoms with Gasteiger partial charge in [0, 0.05) is 0 Å². The SMILES string of the molecule is Nc1ncnc2c1ncn2[C@@H]1O[C@]2(CO)C(O)[C@@H]1OC21CC1. The number of aromatic nitrogens is 4. The Morgan fingerprint density at radius 2 is 2.14 bits per heavy atom. The van der Waals surface area contributed by atoms with Gasteiger partial charge in [-0.2, -0.15) is 0 Å². The molecule has 0 aromatic carbocycles. The van der Waals surface area contributed by atoms with Crippen molar-refractivity contribution >= 4 is 17.0 Å². The minimum absolute atomic E-state index is 0.281. The Bertz CT molecular complexity index is 775. The minimum Gasteiger partial charge on any atom is -0.393 e. The third-order valence-electron chi connectivity index (χ3n) is 5.13. The summed E-state index contributed by atoms with van der Waals surface area (Å²) in [6.45, 7) is -0.287. The lowest BCUT2D eigenvalue weighted by molar-refractivity contribution is -0.233. The molecule has 4 atom stereocenters. The summed E-state index contributed by atoms with van der Waals surface area (Å²) in [6.07, 6.45) is 2.41. The Hall–Kier alpha value is -1.81. The Morgan fingerprint density at radius 1 is 1.32 bits per heavy atom. The maximum atomic E-state index is 10.5. The van der Waals surface area contributed by atoms with Crippen molar-refractivity contribution in [1.29, 1.82) is 0 Å². The van der Waals surface area contributed by atoms with E-state index in [1.807, 2.05) is 0 Å². The summed E-state index contributed by atoms with van der Waals surface area (Å²) in [5.41, 5.74) is 5.15. The molecule has 4 heterocycles. The van der Waals surface area contributed by atoms with Crippen LogP contribution in [0.2, 0.25) is 0 Å². The number of aliphatic hydroxyl groups excluding tert-OH is 2. The van der Waals surface area contributed by atoms with Gasteiger partial charge in [-0.05, 0) is 12.8 Å². The van der Waals surface area contributed by atoms with Crippen LogP contribution in [0.15, 0.2) is 12.7 Å². The van der Waals surface area contributed by atoms with Gasteiger partial charge >= 0.3 is 0 Å². The Balaban J connectivity index is 1.62. The van der Waals surface area contributed by atoms with Crippen molar-refractivity contribution < 1.29 is 19.7 Å². The molecular weight excluding hydrogens is 290 g/mol. The molecule has 22 heavy (non-hydrogen) atoms. The molecule has 1 saturated carbocycles. The number of anilines is 1. The van der Waals surface area contributed by atoms with E-state index in [2.05, 4.69) is 15.0 Å². The highest BCUT2D eigenvalue weighted by molar-refractivity contribution is 5.81. The van der Waals surface area contributed by atoms with Crippen LogP contribution in [0.4, 0.5) is 5.82 Å². The molecule has 9 heteroatoms. The van der Waals surface area contributed by atoms with Crippen molar-refractivity contribution in [1.82, 2.24) is 19.5 Å². The number of rotatable bonds is 2. The summed E-state index contributed by atoms with van der Waals surface area (Å²) >= 11 is 0. The van der Waals surface area contributed by atoms with Crippen molar-refractivity contribution in [2.45, 2.75) is 42.5 Å². The van der Waals surface area contributed by atoms with Gasteiger partial charge in [0.1, 0.15) is 29.7 Å². The molecule has 9 nitrogen and oxygen atoms in total. The fourth-order valence-electron chi connectivity index (χ4n) is 3.83. The zero-order valence-corrected chi connectivity index (χ0v) is 11.6. The molecular formula is C13H15N5O4. The number of hydrogen-bond donors (Lipinski definition) is 3. The first-order chi connectivity index (χ1) is 10.6. The predicted molar refractivity (Wildman–Crippen MR) is 72.5 cm³/mol. The fraction of sp³-hybridized carbons (Fsp3) is 0.615. The lowest BCUT2D eigenvalue weighted by atomic mass is 9.91. The number of aliphatic hydroxyl groups is 2. The van der Waals surface area contributed by atoms with Crippen LogP contribution in [-0.4, -0.2) is 59.7 Å². The first-order valence-electron chi connectivity index (χ1n) is 7.19. The highest BCUT2D eigenvalue weighted by Gasteiger charge is 2.78. The zero-order valence-electron chi connectivity index (χ0n) is 11.6. The summed E-state index contributed by atoms with van der Waals surface area (Å²) in [6, 6.07) is 0. The maximum Gasteiger partial charge on any atom is 0.167 e. The van der Waals surface area contributed by atoms with E-state index in [0.717, 1.165) is 12.8 Å². The van der Waals surface area contributed by atoms with E-state index in [-0.39, 0.29) is 12.4 Å². The van der Waals surface area contributed by atoms with Crippen LogP contribution in [0, 0.1) is 0 Å². The van der Waals surface area contributed by atoms with Gasteiger partial charge in [-0.25, -0.2) is 15.0 Å². The molecule has 1 unspecified atom stereocenters. The van der Waals surface area contributed by atoms with E-state index in [4.69, 9.17) is 15.2 Å². The average molecular weight is 305 g/mol. The van der Waals surface area contributed by atoms with Crippen LogP contribution >= 0.6 is 0 Å². The van der Waals surface area contributed by atoms with Crippen LogP contribution in [-0.2, 0) is 9.47 Å². The third kappa shape index (κ3) is 1.23. The van der Waals surface area contributed by atoms with Crippen LogP contribution in [0.5, 0.6) is 0 Å². The number of fused-ring (bicyclic) bond motifs is 4. The van der Waals surface area contributed by atoms with Crippen LogP contribution in [0.3, 0.4) is 0 Å². The molecule has 2 bridgehead atoms. The number of nitrogens with two attached hydrogens (primary N) is 1. The second kappa shape index (κ2) is 3.74. The van der Waals surface area contributed by atoms with Gasteiger partial charge in [-0.1, -0.05) is 0 Å². The Kier molecular flexibility index (Phi) is 2.16. The van der Waals surface area contributed by atoms with Gasteiger partial charge in [0.2, 0.25) is 0 Å². The van der Waals surface area contributed by atoms with Gasteiger partial charge in [0.05, 0.1) is 12.9 Å². The topological polar surface area (TPSA) is 129 Å². The third-order valence-corrected chi connectivity index (χ3v) is 5.13. The maximum absolute atomic E-state index is 10.5. The molecule has 3 aliphatic rings. The lowest BCUT2D eigenvalue weighted by Gasteiger charge is -2.36. The van der Waals surface area contributed by atoms with E-state index in [9.17, 15) is 10.2 Å². The van der Waals surface area contributed by atoms with Crippen molar-refractivity contribution in [2.75, 3.05) is 12.3 Å². The molecule has 4 N–H and O–H groups in total. The van der Waals surface area contributed by atoms with Crippen molar-refractivity contribution in [3.63, 3.8) is 0 Å². The lowest BCUT2D eigenvalue weighted by Crippen LogP contribution is -2.52. The van der Waals surface area contributed by atoms with Crippen molar-refractivity contribution in [3.8, 4) is 0 Å². The molecule has 1 aliphatic carbocycles. The van der Waals surface area contributed by atoms with Gasteiger partial charge < -0.3 is 25.4 Å². The molecule has 116 valence electrons. The predicted octanol–water partition coefficient (Wildman–Crippen LogP) is -1.04. The van der Waals surface area contributed by atoms with Crippen LogP contribution in [0.25, 0.3) is 11.2 Å². The molecule has 0 radical (unpaired) electrons. The minimum atomic E-state index is -1.07. The van der Waals surface area contributed by atoms with Gasteiger partial charge in [0.15, 0.2) is 23.3 Å². The van der Waals surface area contributed by atoms with Crippen molar-refractivity contribution in [3.05, 3.63) is 12.7 Å². The van der Waals surface area contributed by atoms with Gasteiger partial charge in [-0.15, -0.1) is 0 Å². The Morgan fingerprint density at radius 3 is 2.86 bits per heavy atom. The molecule has 2 aromatic rings. The van der Waals surface area contributed by atoms with Gasteiger partial charge in [-0.3, -0.25) is 4.57 Å². The average Bonchev–Trinajstić information content (AvgIpc) is 2.98. The second-order valence-corrected chi connectivity index (χ2v) is 6.16.